The highest BCUT2D eigenvalue weighted by molar-refractivity contribution is 5.77. The highest BCUT2D eigenvalue weighted by Crippen LogP contribution is 2.48. The quantitative estimate of drug-likeness (QED) is 0.593. The topological polar surface area (TPSA) is 64.3 Å². The molecule has 0 spiro atoms. The zero-order valence-corrected chi connectivity index (χ0v) is 9.78. The van der Waals surface area contributed by atoms with Gasteiger partial charge in [-0.15, -0.1) is 0 Å². The Morgan fingerprint density at radius 1 is 1.31 bits per heavy atom. The lowest BCUT2D eigenvalue weighted by Gasteiger charge is -2.16. The molecule has 0 aromatic heterocycles. The minimum atomic E-state index is -0.000231. The molecule has 92 valence electrons. The van der Waals surface area contributed by atoms with Gasteiger partial charge in [0.15, 0.2) is 0 Å². The number of amides is 1. The Kier molecular flexibility index (Phi) is 4.18. The van der Waals surface area contributed by atoms with Crippen LogP contribution in [-0.4, -0.2) is 32.2 Å². The molecule has 0 heterocycles. The van der Waals surface area contributed by atoms with Crippen molar-refractivity contribution in [3.8, 4) is 0 Å². The summed E-state index contributed by atoms with van der Waals surface area (Å²) in [6.45, 7) is 1.93. The van der Waals surface area contributed by atoms with Gasteiger partial charge in [0.05, 0.1) is 6.61 Å². The number of hydrogen-bond donors (Lipinski definition) is 2. The molecule has 2 aliphatic rings. The minimum Gasteiger partial charge on any atom is -0.370 e. The number of carbonyl (C=O) groups excluding carboxylic acids is 1. The van der Waals surface area contributed by atoms with Gasteiger partial charge >= 0.3 is 0 Å². The van der Waals surface area contributed by atoms with Crippen LogP contribution < -0.4 is 11.1 Å². The zero-order valence-electron chi connectivity index (χ0n) is 9.78. The van der Waals surface area contributed by atoms with E-state index in [9.17, 15) is 4.79 Å². The minimum absolute atomic E-state index is 0.000231. The van der Waals surface area contributed by atoms with Crippen molar-refractivity contribution in [3.63, 3.8) is 0 Å². The normalized spacial score (nSPS) is 20.1. The summed E-state index contributed by atoms with van der Waals surface area (Å²) in [6.07, 6.45) is 5.45. The number of nitrogens with two attached hydrogens (primary N) is 1. The van der Waals surface area contributed by atoms with E-state index in [4.69, 9.17) is 10.5 Å². The number of ether oxygens (including phenoxy) is 1. The highest BCUT2D eigenvalue weighted by Gasteiger charge is 2.41. The van der Waals surface area contributed by atoms with Crippen LogP contribution in [0.5, 0.6) is 0 Å². The molecule has 2 rings (SSSR count). The maximum Gasteiger partial charge on any atom is 0.246 e. The Labute approximate surface area is 96.9 Å². The van der Waals surface area contributed by atoms with Crippen LogP contribution in [-0.2, 0) is 9.53 Å². The van der Waals surface area contributed by atoms with E-state index in [0.29, 0.717) is 13.2 Å². The molecule has 0 atom stereocenters. The molecule has 2 aliphatic carbocycles. The molecule has 0 bridgehead atoms. The van der Waals surface area contributed by atoms with Gasteiger partial charge in [-0.05, 0) is 43.4 Å². The molecule has 0 saturated heterocycles. The molecule has 0 unspecified atom stereocenters. The van der Waals surface area contributed by atoms with Gasteiger partial charge in [-0.3, -0.25) is 4.79 Å². The van der Waals surface area contributed by atoms with E-state index in [0.717, 1.165) is 24.3 Å². The average molecular weight is 226 g/mol. The van der Waals surface area contributed by atoms with Crippen LogP contribution in [0.3, 0.4) is 0 Å². The van der Waals surface area contributed by atoms with Crippen LogP contribution in [0.2, 0.25) is 0 Å². The van der Waals surface area contributed by atoms with Gasteiger partial charge in [-0.25, -0.2) is 0 Å². The highest BCUT2D eigenvalue weighted by atomic mass is 16.5. The lowest BCUT2D eigenvalue weighted by Crippen LogP contribution is -2.34. The SMILES string of the molecule is NCCOCC(=O)NCC(C1CC1)C1CC1. The van der Waals surface area contributed by atoms with E-state index in [-0.39, 0.29) is 12.5 Å². The van der Waals surface area contributed by atoms with E-state index in [1.54, 1.807) is 0 Å². The summed E-state index contributed by atoms with van der Waals surface area (Å²) in [5.41, 5.74) is 5.28. The van der Waals surface area contributed by atoms with Crippen molar-refractivity contribution in [3.05, 3.63) is 0 Å². The Morgan fingerprint density at radius 2 is 1.94 bits per heavy atom. The Balaban J connectivity index is 1.59. The third kappa shape index (κ3) is 3.76. The van der Waals surface area contributed by atoms with Gasteiger partial charge in [-0.2, -0.15) is 0 Å². The van der Waals surface area contributed by atoms with Crippen LogP contribution in [0.25, 0.3) is 0 Å². The molecule has 2 saturated carbocycles. The fraction of sp³-hybridized carbons (Fsp3) is 0.917. The van der Waals surface area contributed by atoms with Gasteiger partial charge in [0, 0.05) is 13.1 Å². The first-order valence-corrected chi connectivity index (χ1v) is 6.35. The molecule has 4 nitrogen and oxygen atoms in total. The molecular weight excluding hydrogens is 204 g/mol. The summed E-state index contributed by atoms with van der Waals surface area (Å²) >= 11 is 0. The van der Waals surface area contributed by atoms with Crippen molar-refractivity contribution in [2.24, 2.45) is 23.5 Å². The van der Waals surface area contributed by atoms with Gasteiger partial charge in [0.1, 0.15) is 6.61 Å². The third-order valence-electron chi connectivity index (χ3n) is 3.49. The predicted molar refractivity (Wildman–Crippen MR) is 61.8 cm³/mol. The Morgan fingerprint density at radius 3 is 2.44 bits per heavy atom. The van der Waals surface area contributed by atoms with Gasteiger partial charge in [0.25, 0.3) is 0 Å². The van der Waals surface area contributed by atoms with E-state index < -0.39 is 0 Å². The molecule has 1 amide bonds. The molecule has 0 radical (unpaired) electrons. The number of hydrogen-bond acceptors (Lipinski definition) is 3. The summed E-state index contributed by atoms with van der Waals surface area (Å²) in [4.78, 5) is 11.4. The average Bonchev–Trinajstić information content (AvgIpc) is 3.13. The zero-order chi connectivity index (χ0) is 11.4. The van der Waals surface area contributed by atoms with Crippen LogP contribution in [0.15, 0.2) is 0 Å². The summed E-state index contributed by atoms with van der Waals surface area (Å²) < 4.78 is 5.09. The van der Waals surface area contributed by atoms with Crippen molar-refractivity contribution in [2.75, 3.05) is 26.3 Å². The van der Waals surface area contributed by atoms with Gasteiger partial charge in [-0.1, -0.05) is 0 Å². The van der Waals surface area contributed by atoms with E-state index in [1.807, 2.05) is 0 Å². The van der Waals surface area contributed by atoms with E-state index in [1.165, 1.54) is 25.7 Å². The van der Waals surface area contributed by atoms with Crippen molar-refractivity contribution in [2.45, 2.75) is 25.7 Å². The second-order valence-corrected chi connectivity index (χ2v) is 4.98. The summed E-state index contributed by atoms with van der Waals surface area (Å²) in [6, 6.07) is 0. The van der Waals surface area contributed by atoms with Crippen LogP contribution in [0, 0.1) is 17.8 Å². The third-order valence-corrected chi connectivity index (χ3v) is 3.49. The van der Waals surface area contributed by atoms with Crippen LogP contribution in [0.4, 0.5) is 0 Å². The first-order chi connectivity index (χ1) is 7.81. The lowest BCUT2D eigenvalue weighted by molar-refractivity contribution is -0.125. The number of rotatable bonds is 8. The molecule has 4 heteroatoms. The molecule has 0 aromatic carbocycles. The smallest absolute Gasteiger partial charge is 0.246 e. The van der Waals surface area contributed by atoms with Gasteiger partial charge < -0.3 is 15.8 Å². The predicted octanol–water partition coefficient (Wildman–Crippen LogP) is 0.514. The fourth-order valence-corrected chi connectivity index (χ4v) is 2.30. The molecule has 16 heavy (non-hydrogen) atoms. The Hall–Kier alpha value is -0.610. The largest absolute Gasteiger partial charge is 0.370 e. The second-order valence-electron chi connectivity index (χ2n) is 4.98. The molecular formula is C12H22N2O2. The summed E-state index contributed by atoms with van der Waals surface area (Å²) in [5, 5.41) is 2.98. The van der Waals surface area contributed by atoms with Crippen LogP contribution >= 0.6 is 0 Å². The maximum atomic E-state index is 11.4. The fourth-order valence-electron chi connectivity index (χ4n) is 2.30. The number of nitrogens with one attached hydrogen (secondary N) is 1. The van der Waals surface area contributed by atoms with Crippen molar-refractivity contribution >= 4 is 5.91 Å². The van der Waals surface area contributed by atoms with E-state index in [2.05, 4.69) is 5.32 Å². The van der Waals surface area contributed by atoms with Gasteiger partial charge in [0.2, 0.25) is 5.91 Å². The van der Waals surface area contributed by atoms with Crippen molar-refractivity contribution in [1.82, 2.24) is 5.32 Å². The summed E-state index contributed by atoms with van der Waals surface area (Å²) in [5.74, 6) is 2.51. The lowest BCUT2D eigenvalue weighted by atomic mass is 9.98. The molecule has 3 N–H and O–H groups in total. The summed E-state index contributed by atoms with van der Waals surface area (Å²) in [7, 11) is 0. The van der Waals surface area contributed by atoms with Crippen molar-refractivity contribution < 1.29 is 9.53 Å². The standard InChI is InChI=1S/C12H22N2O2/c13-5-6-16-8-12(15)14-7-11(9-1-2-9)10-3-4-10/h9-11H,1-8,13H2,(H,14,15). The van der Waals surface area contributed by atoms with Crippen LogP contribution in [0.1, 0.15) is 25.7 Å². The Bertz CT molecular complexity index is 225. The van der Waals surface area contributed by atoms with Crippen molar-refractivity contribution in [1.29, 1.82) is 0 Å². The second kappa shape index (κ2) is 5.64. The monoisotopic (exact) mass is 226 g/mol. The molecule has 0 aliphatic heterocycles. The van der Waals surface area contributed by atoms with E-state index >= 15 is 0 Å². The maximum absolute atomic E-state index is 11.4. The first kappa shape index (κ1) is 11.9. The first-order valence-electron chi connectivity index (χ1n) is 6.35. The molecule has 0 aromatic rings. The molecule has 2 fully saturated rings. The number of carbonyl (C=O) groups is 1.